The number of likely N-dealkylation sites (N-methyl/N-ethyl adjacent to an activating group) is 1. The summed E-state index contributed by atoms with van der Waals surface area (Å²) in [6, 6.07) is 18.1. The van der Waals surface area contributed by atoms with Crippen LogP contribution in [0.2, 0.25) is 0 Å². The van der Waals surface area contributed by atoms with E-state index in [0.717, 1.165) is 5.56 Å². The summed E-state index contributed by atoms with van der Waals surface area (Å²) in [5.74, 6) is 0.347. The summed E-state index contributed by atoms with van der Waals surface area (Å²) in [4.78, 5) is 34.9. The van der Waals surface area contributed by atoms with Crippen molar-refractivity contribution in [2.24, 2.45) is 0 Å². The summed E-state index contributed by atoms with van der Waals surface area (Å²) >= 11 is 0. The third-order valence-electron chi connectivity index (χ3n) is 5.86. The van der Waals surface area contributed by atoms with Crippen molar-refractivity contribution in [2.45, 2.75) is 13.3 Å². The Hall–Kier alpha value is -4.13. The Balaban J connectivity index is 1.80. The molecule has 2 heterocycles. The standard InChI is InChI=1S/C27H27N3O4/c1-4-29(17-14-19-12-15-28-16-13-19)25-24(22-10-5-6-11-23(22)34-3)26(31)30(27(25)32)20-8-7-9-21(18-20)33-2/h5-13,15-16,18H,4,14,17H2,1-3H3. The number of imide groups is 1. The van der Waals surface area contributed by atoms with Gasteiger partial charge in [0, 0.05) is 37.1 Å². The first-order valence-corrected chi connectivity index (χ1v) is 11.1. The van der Waals surface area contributed by atoms with Gasteiger partial charge in [-0.15, -0.1) is 0 Å². The summed E-state index contributed by atoms with van der Waals surface area (Å²) in [6.07, 6.45) is 4.21. The second-order valence-electron chi connectivity index (χ2n) is 7.76. The number of hydrogen-bond acceptors (Lipinski definition) is 6. The van der Waals surface area contributed by atoms with Crippen LogP contribution in [0.5, 0.6) is 11.5 Å². The first kappa shape index (κ1) is 23.0. The van der Waals surface area contributed by atoms with E-state index >= 15 is 0 Å². The van der Waals surface area contributed by atoms with E-state index in [1.54, 1.807) is 56.9 Å². The van der Waals surface area contributed by atoms with Crippen LogP contribution in [0.3, 0.4) is 0 Å². The zero-order chi connectivity index (χ0) is 24.1. The highest BCUT2D eigenvalue weighted by Crippen LogP contribution is 2.38. The minimum absolute atomic E-state index is 0.335. The zero-order valence-corrected chi connectivity index (χ0v) is 19.5. The van der Waals surface area contributed by atoms with E-state index in [4.69, 9.17) is 9.47 Å². The smallest absolute Gasteiger partial charge is 0.282 e. The Bertz CT molecular complexity index is 1220. The fourth-order valence-electron chi connectivity index (χ4n) is 4.13. The molecule has 0 N–H and O–H groups in total. The molecule has 0 bridgehead atoms. The molecular weight excluding hydrogens is 430 g/mol. The van der Waals surface area contributed by atoms with Gasteiger partial charge in [0.2, 0.25) is 0 Å². The number of pyridine rings is 1. The molecule has 1 aliphatic heterocycles. The molecule has 0 spiro atoms. The molecule has 2 amide bonds. The molecule has 0 saturated heterocycles. The minimum atomic E-state index is -0.389. The first-order chi connectivity index (χ1) is 16.6. The summed E-state index contributed by atoms with van der Waals surface area (Å²) in [5, 5.41) is 0. The van der Waals surface area contributed by atoms with Crippen LogP contribution in [0.1, 0.15) is 18.1 Å². The largest absolute Gasteiger partial charge is 0.497 e. The maximum absolute atomic E-state index is 13.8. The Kier molecular flexibility index (Phi) is 6.92. The predicted octanol–water partition coefficient (Wildman–Crippen LogP) is 3.95. The Morgan fingerprint density at radius 3 is 2.38 bits per heavy atom. The van der Waals surface area contributed by atoms with E-state index < -0.39 is 0 Å². The number of methoxy groups -OCH3 is 2. The van der Waals surface area contributed by atoms with Crippen molar-refractivity contribution in [3.8, 4) is 11.5 Å². The van der Waals surface area contributed by atoms with E-state index in [1.165, 1.54) is 4.90 Å². The number of anilines is 1. The monoisotopic (exact) mass is 457 g/mol. The van der Waals surface area contributed by atoms with Crippen LogP contribution >= 0.6 is 0 Å². The predicted molar refractivity (Wildman–Crippen MR) is 131 cm³/mol. The maximum Gasteiger partial charge on any atom is 0.282 e. The van der Waals surface area contributed by atoms with Crippen LogP contribution in [0.25, 0.3) is 5.57 Å². The summed E-state index contributed by atoms with van der Waals surface area (Å²) in [6.45, 7) is 3.11. The Morgan fingerprint density at radius 2 is 1.68 bits per heavy atom. The van der Waals surface area contributed by atoms with Crippen molar-refractivity contribution >= 4 is 23.1 Å². The van der Waals surface area contributed by atoms with Gasteiger partial charge >= 0.3 is 0 Å². The lowest BCUT2D eigenvalue weighted by molar-refractivity contribution is -0.120. The van der Waals surface area contributed by atoms with Crippen molar-refractivity contribution in [3.05, 3.63) is 89.9 Å². The number of carbonyl (C=O) groups is 2. The van der Waals surface area contributed by atoms with Gasteiger partial charge in [-0.3, -0.25) is 14.6 Å². The third-order valence-corrected chi connectivity index (χ3v) is 5.86. The summed E-state index contributed by atoms with van der Waals surface area (Å²) < 4.78 is 10.9. The maximum atomic E-state index is 13.8. The molecule has 0 atom stereocenters. The lowest BCUT2D eigenvalue weighted by Gasteiger charge is -2.25. The number of carbonyl (C=O) groups excluding carboxylic acids is 2. The van der Waals surface area contributed by atoms with E-state index in [0.29, 0.717) is 53.5 Å². The average molecular weight is 458 g/mol. The van der Waals surface area contributed by atoms with E-state index in [9.17, 15) is 9.59 Å². The summed E-state index contributed by atoms with van der Waals surface area (Å²) in [5.41, 5.74) is 2.86. The van der Waals surface area contributed by atoms with Crippen LogP contribution in [-0.4, -0.2) is 49.0 Å². The molecule has 1 aromatic heterocycles. The van der Waals surface area contributed by atoms with Gasteiger partial charge in [-0.25, -0.2) is 4.90 Å². The number of benzene rings is 2. The van der Waals surface area contributed by atoms with Gasteiger partial charge in [0.05, 0.1) is 25.5 Å². The van der Waals surface area contributed by atoms with Crippen LogP contribution in [0.15, 0.2) is 78.8 Å². The van der Waals surface area contributed by atoms with E-state index in [1.807, 2.05) is 42.2 Å². The first-order valence-electron chi connectivity index (χ1n) is 11.1. The highest BCUT2D eigenvalue weighted by molar-refractivity contribution is 6.45. The van der Waals surface area contributed by atoms with E-state index in [-0.39, 0.29) is 11.8 Å². The molecule has 0 unspecified atom stereocenters. The molecule has 1 aliphatic rings. The minimum Gasteiger partial charge on any atom is -0.497 e. The second-order valence-corrected chi connectivity index (χ2v) is 7.76. The third kappa shape index (κ3) is 4.37. The van der Waals surface area contributed by atoms with Crippen molar-refractivity contribution in [1.82, 2.24) is 9.88 Å². The van der Waals surface area contributed by atoms with Gasteiger partial charge in [0.15, 0.2) is 0 Å². The molecule has 0 radical (unpaired) electrons. The van der Waals surface area contributed by atoms with E-state index in [2.05, 4.69) is 4.98 Å². The van der Waals surface area contributed by atoms with Crippen molar-refractivity contribution < 1.29 is 19.1 Å². The molecular formula is C27H27N3O4. The fourth-order valence-corrected chi connectivity index (χ4v) is 4.13. The number of para-hydroxylation sites is 1. The van der Waals surface area contributed by atoms with Gasteiger partial charge in [-0.1, -0.05) is 24.3 Å². The molecule has 174 valence electrons. The molecule has 0 fully saturated rings. The Morgan fingerprint density at radius 1 is 0.912 bits per heavy atom. The topological polar surface area (TPSA) is 72.0 Å². The molecule has 0 saturated carbocycles. The molecule has 34 heavy (non-hydrogen) atoms. The number of nitrogens with zero attached hydrogens (tertiary/aromatic N) is 3. The van der Waals surface area contributed by atoms with Crippen molar-refractivity contribution in [2.75, 3.05) is 32.2 Å². The second kappa shape index (κ2) is 10.2. The van der Waals surface area contributed by atoms with Gasteiger partial charge in [0.25, 0.3) is 11.8 Å². The number of ether oxygens (including phenoxy) is 2. The van der Waals surface area contributed by atoms with Gasteiger partial charge in [0.1, 0.15) is 17.2 Å². The zero-order valence-electron chi connectivity index (χ0n) is 19.5. The normalized spacial score (nSPS) is 13.4. The van der Waals surface area contributed by atoms with Crippen LogP contribution in [0, 0.1) is 0 Å². The number of rotatable bonds is 9. The average Bonchev–Trinajstić information content (AvgIpc) is 3.14. The lowest BCUT2D eigenvalue weighted by atomic mass is 10.0. The van der Waals surface area contributed by atoms with Crippen molar-refractivity contribution in [3.63, 3.8) is 0 Å². The number of aromatic nitrogens is 1. The number of amides is 2. The van der Waals surface area contributed by atoms with Crippen LogP contribution < -0.4 is 14.4 Å². The molecule has 7 nitrogen and oxygen atoms in total. The molecule has 4 rings (SSSR count). The molecule has 3 aromatic rings. The number of hydrogen-bond donors (Lipinski definition) is 0. The van der Waals surface area contributed by atoms with Crippen LogP contribution in [0.4, 0.5) is 5.69 Å². The quantitative estimate of drug-likeness (QED) is 0.453. The SMILES string of the molecule is CCN(CCc1ccncc1)C1=C(c2ccccc2OC)C(=O)N(c2cccc(OC)c2)C1=O. The van der Waals surface area contributed by atoms with Crippen molar-refractivity contribution in [1.29, 1.82) is 0 Å². The lowest BCUT2D eigenvalue weighted by Crippen LogP contribution is -2.36. The molecule has 2 aromatic carbocycles. The highest BCUT2D eigenvalue weighted by atomic mass is 16.5. The van der Waals surface area contributed by atoms with Crippen LogP contribution in [-0.2, 0) is 16.0 Å². The van der Waals surface area contributed by atoms with Gasteiger partial charge in [-0.05, 0) is 49.2 Å². The van der Waals surface area contributed by atoms with Gasteiger partial charge < -0.3 is 14.4 Å². The highest BCUT2D eigenvalue weighted by Gasteiger charge is 2.43. The Labute approximate surface area is 199 Å². The summed E-state index contributed by atoms with van der Waals surface area (Å²) in [7, 11) is 3.11. The molecule has 7 heteroatoms. The van der Waals surface area contributed by atoms with Gasteiger partial charge in [-0.2, -0.15) is 0 Å². The molecule has 0 aliphatic carbocycles. The fraction of sp³-hybridized carbons (Fsp3) is 0.222.